The molecule has 4 aromatic carbocycles. The van der Waals surface area contributed by atoms with E-state index in [0.29, 0.717) is 24.2 Å². The normalized spacial score (nSPS) is 22.7. The third-order valence-corrected chi connectivity index (χ3v) is 14.6. The summed E-state index contributed by atoms with van der Waals surface area (Å²) >= 11 is 0. The zero-order valence-electron chi connectivity index (χ0n) is 37.7. The summed E-state index contributed by atoms with van der Waals surface area (Å²) in [6, 6.07) is 9.23. The van der Waals surface area contributed by atoms with Crippen LogP contribution in [0.15, 0.2) is 60.7 Å². The van der Waals surface area contributed by atoms with Crippen molar-refractivity contribution in [1.29, 1.82) is 0 Å². The van der Waals surface area contributed by atoms with Crippen LogP contribution in [0.25, 0.3) is 0 Å². The van der Waals surface area contributed by atoms with E-state index in [2.05, 4.69) is 12.2 Å². The van der Waals surface area contributed by atoms with E-state index in [-0.39, 0.29) is 130 Å². The molecular weight excluding hydrogens is 877 g/mol. The van der Waals surface area contributed by atoms with Gasteiger partial charge in [0.25, 0.3) is 0 Å². The van der Waals surface area contributed by atoms with Gasteiger partial charge in [0.1, 0.15) is 34.5 Å². The van der Waals surface area contributed by atoms with E-state index >= 15 is 0 Å². The number of phenols is 4. The second kappa shape index (κ2) is 17.9. The van der Waals surface area contributed by atoms with Gasteiger partial charge in [-0.1, -0.05) is 48.6 Å². The molecule has 68 heavy (non-hydrogen) atoms. The van der Waals surface area contributed by atoms with Crippen molar-refractivity contribution in [2.45, 2.75) is 74.8 Å². The minimum atomic E-state index is -1.55. The molecule has 0 aromatic heterocycles. The Bertz CT molecular complexity index is 2660. The molecule has 16 nitrogen and oxygen atoms in total. The molecule has 0 amide bonds. The SMILES string of the molecule is COc1cccc2c1C(=O)c1c(O)c3c(c(O)c1C2=O)C[C@@](O)([C@@H](O)CN1CC=CCC1)CC3.COc1cccc2c1C(=O)c1c(O)c3c(c(O)c1C2=O)C[C@@](O)([C@H](O)CN1CC=CCC1)CC3. The Morgan fingerprint density at radius 2 is 0.897 bits per heavy atom. The maximum atomic E-state index is 13.3. The Hall–Kier alpha value is -6.40. The lowest BCUT2D eigenvalue weighted by molar-refractivity contribution is -0.0935. The summed E-state index contributed by atoms with van der Waals surface area (Å²) < 4.78 is 10.5. The van der Waals surface area contributed by atoms with Gasteiger partial charge in [-0.25, -0.2) is 0 Å². The predicted octanol–water partition coefficient (Wildman–Crippen LogP) is 3.45. The predicted molar refractivity (Wildman–Crippen MR) is 246 cm³/mol. The van der Waals surface area contributed by atoms with Crippen molar-refractivity contribution in [2.24, 2.45) is 0 Å². The minimum Gasteiger partial charge on any atom is -0.507 e. The van der Waals surface area contributed by atoms with Gasteiger partial charge in [-0.15, -0.1) is 0 Å². The van der Waals surface area contributed by atoms with Crippen molar-refractivity contribution >= 4 is 23.1 Å². The first kappa shape index (κ1) is 46.7. The lowest BCUT2D eigenvalue weighted by atomic mass is 9.72. The van der Waals surface area contributed by atoms with Crippen molar-refractivity contribution in [1.82, 2.24) is 9.80 Å². The number of carbonyl (C=O) groups is 4. The fourth-order valence-electron chi connectivity index (χ4n) is 10.8. The summed E-state index contributed by atoms with van der Waals surface area (Å²) in [5.41, 5.74) is -2.87. The average Bonchev–Trinajstić information content (AvgIpc) is 3.34. The monoisotopic (exact) mass is 930 g/mol. The van der Waals surface area contributed by atoms with Crippen LogP contribution in [0.1, 0.15) is 112 Å². The van der Waals surface area contributed by atoms with Crippen LogP contribution in [-0.4, -0.2) is 151 Å². The summed E-state index contributed by atoms with van der Waals surface area (Å²) in [6.07, 6.45) is 7.99. The Labute approximate surface area is 391 Å². The number of hydrogen-bond acceptors (Lipinski definition) is 16. The highest BCUT2D eigenvalue weighted by Gasteiger charge is 2.48. The molecule has 10 rings (SSSR count). The number of carbonyl (C=O) groups excluding carboxylic acids is 4. The maximum absolute atomic E-state index is 13.3. The van der Waals surface area contributed by atoms with Crippen molar-refractivity contribution in [3.8, 4) is 34.5 Å². The van der Waals surface area contributed by atoms with Gasteiger partial charge in [0.05, 0.1) is 71.0 Å². The van der Waals surface area contributed by atoms with Crippen LogP contribution in [0, 0.1) is 0 Å². The number of phenolic OH excluding ortho intramolecular Hbond substituents is 4. The number of rotatable bonds is 8. The summed E-state index contributed by atoms with van der Waals surface area (Å²) in [6.45, 7) is 3.45. The largest absolute Gasteiger partial charge is 0.507 e. The molecule has 0 spiro atoms. The molecule has 0 unspecified atom stereocenters. The first-order chi connectivity index (χ1) is 32.5. The Kier molecular flexibility index (Phi) is 12.3. The summed E-state index contributed by atoms with van der Waals surface area (Å²) in [5.74, 6) is -3.57. The van der Waals surface area contributed by atoms with Gasteiger partial charge in [0, 0.05) is 85.5 Å². The third kappa shape index (κ3) is 7.65. The van der Waals surface area contributed by atoms with Crippen LogP contribution in [0.3, 0.4) is 0 Å². The Morgan fingerprint density at radius 1 is 0.529 bits per heavy atom. The zero-order valence-corrected chi connectivity index (χ0v) is 37.7. The fraction of sp³-hybridized carbons (Fsp3) is 0.385. The van der Waals surface area contributed by atoms with E-state index in [9.17, 15) is 60.0 Å². The van der Waals surface area contributed by atoms with E-state index in [1.165, 1.54) is 26.4 Å². The molecule has 0 bridgehead atoms. The van der Waals surface area contributed by atoms with Gasteiger partial charge in [0.2, 0.25) is 11.6 Å². The number of nitrogens with zero attached hydrogens (tertiary/aromatic N) is 2. The molecule has 4 aromatic rings. The number of benzene rings is 4. The number of ketones is 4. The Morgan fingerprint density at radius 3 is 1.25 bits per heavy atom. The van der Waals surface area contributed by atoms with E-state index in [1.807, 2.05) is 22.0 Å². The quantitative estimate of drug-likeness (QED) is 0.0804. The molecule has 2 heterocycles. The number of fused-ring (bicyclic) bond motifs is 6. The van der Waals surface area contributed by atoms with Crippen molar-refractivity contribution < 1.29 is 69.5 Å². The van der Waals surface area contributed by atoms with Crippen LogP contribution >= 0.6 is 0 Å². The smallest absolute Gasteiger partial charge is 0.202 e. The van der Waals surface area contributed by atoms with Gasteiger partial charge in [-0.2, -0.15) is 0 Å². The van der Waals surface area contributed by atoms with Crippen LogP contribution in [0.4, 0.5) is 0 Å². The third-order valence-electron chi connectivity index (χ3n) is 14.6. The van der Waals surface area contributed by atoms with Crippen LogP contribution < -0.4 is 9.47 Å². The zero-order chi connectivity index (χ0) is 48.4. The first-order valence-corrected chi connectivity index (χ1v) is 22.8. The molecule has 8 N–H and O–H groups in total. The number of aliphatic hydroxyl groups is 4. The van der Waals surface area contributed by atoms with Crippen molar-refractivity contribution in [3.05, 3.63) is 127 Å². The summed E-state index contributed by atoms with van der Waals surface area (Å²) in [5, 5.41) is 88.9. The second-order valence-corrected chi connectivity index (χ2v) is 18.5. The lowest BCUT2D eigenvalue weighted by Crippen LogP contribution is -2.52. The number of aromatic hydroxyl groups is 4. The fourth-order valence-corrected chi connectivity index (χ4v) is 10.8. The van der Waals surface area contributed by atoms with Crippen LogP contribution in [-0.2, 0) is 25.7 Å². The number of ether oxygens (including phenoxy) is 2. The first-order valence-electron chi connectivity index (χ1n) is 22.8. The standard InChI is InChI=1S/2C26H27NO7/c2*1-34-17-7-5-6-15-19(17)25(32)21-20(23(15)30)24(31)16-12-26(33,9-8-14(16)22(21)29)18(28)13-27-10-3-2-4-11-27/h2*2-3,5-7,18,28-29,31,33H,4,8-13H2,1H3/t18-,26+;18-,26-/m01/s1. The van der Waals surface area contributed by atoms with E-state index in [1.54, 1.807) is 24.3 Å². The van der Waals surface area contributed by atoms with Crippen LogP contribution in [0.2, 0.25) is 0 Å². The molecule has 4 aliphatic carbocycles. The summed E-state index contributed by atoms with van der Waals surface area (Å²) in [7, 11) is 2.78. The van der Waals surface area contributed by atoms with Gasteiger partial charge in [-0.3, -0.25) is 29.0 Å². The van der Waals surface area contributed by atoms with Gasteiger partial charge in [-0.05, 0) is 50.7 Å². The maximum Gasteiger partial charge on any atom is 0.202 e. The second-order valence-electron chi connectivity index (χ2n) is 18.5. The molecular formula is C52H54N2O14. The van der Waals surface area contributed by atoms with Crippen molar-refractivity contribution in [2.75, 3.05) is 53.5 Å². The highest BCUT2D eigenvalue weighted by atomic mass is 16.5. The van der Waals surface area contributed by atoms with Crippen molar-refractivity contribution in [3.63, 3.8) is 0 Å². The van der Waals surface area contributed by atoms with E-state index in [0.717, 1.165) is 25.9 Å². The van der Waals surface area contributed by atoms with E-state index in [4.69, 9.17) is 9.47 Å². The lowest BCUT2D eigenvalue weighted by Gasteiger charge is -2.40. The highest BCUT2D eigenvalue weighted by Crippen LogP contribution is 2.50. The van der Waals surface area contributed by atoms with Gasteiger partial charge in [0.15, 0.2) is 11.6 Å². The number of aliphatic hydroxyl groups excluding tert-OH is 2. The molecule has 0 radical (unpaired) electrons. The molecule has 356 valence electrons. The van der Waals surface area contributed by atoms with Crippen LogP contribution in [0.5, 0.6) is 34.5 Å². The number of methoxy groups -OCH3 is 2. The topological polar surface area (TPSA) is 255 Å². The Balaban J connectivity index is 0.000000170. The number of β-amino-alcohol motifs (C(OH)–C–C–N with tert-alkyl or cyclic N) is 2. The number of hydrogen-bond donors (Lipinski definition) is 8. The molecule has 4 atom stereocenters. The molecule has 0 saturated carbocycles. The molecule has 6 aliphatic rings. The van der Waals surface area contributed by atoms with Gasteiger partial charge < -0.3 is 50.3 Å². The minimum absolute atomic E-state index is 0.0514. The van der Waals surface area contributed by atoms with Gasteiger partial charge >= 0.3 is 0 Å². The average molecular weight is 931 g/mol. The molecule has 0 saturated heterocycles. The molecule has 2 aliphatic heterocycles. The molecule has 0 fully saturated rings. The molecule has 16 heteroatoms. The summed E-state index contributed by atoms with van der Waals surface area (Å²) in [4.78, 5) is 57.4. The van der Waals surface area contributed by atoms with E-state index < -0.39 is 58.0 Å². The highest BCUT2D eigenvalue weighted by molar-refractivity contribution is 6.32.